The molecule has 2 atom stereocenters. The Labute approximate surface area is 92.6 Å². The van der Waals surface area contributed by atoms with Crippen LogP contribution in [-0.2, 0) is 14.3 Å². The van der Waals surface area contributed by atoms with Crippen LogP contribution in [0.15, 0.2) is 9.66 Å². The van der Waals surface area contributed by atoms with Crippen molar-refractivity contribution >= 4 is 28.6 Å². The molecule has 13 heavy (non-hydrogen) atoms. The molecule has 0 saturated carbocycles. The molecule has 0 aliphatic rings. The average molecular weight is 298 g/mol. The topological polar surface area (TPSA) is 35.5 Å². The molecule has 0 aliphatic heterocycles. The van der Waals surface area contributed by atoms with Gasteiger partial charge in [-0.1, -0.05) is 22.6 Å². The number of methoxy groups -OCH3 is 2. The van der Waals surface area contributed by atoms with E-state index in [9.17, 15) is 4.79 Å². The maximum Gasteiger partial charge on any atom is 0.311 e. The van der Waals surface area contributed by atoms with Gasteiger partial charge in [-0.15, -0.1) is 0 Å². The molecular formula is C9H15IO3. The molecule has 76 valence electrons. The number of esters is 1. The smallest absolute Gasteiger partial charge is 0.311 e. The van der Waals surface area contributed by atoms with Crippen LogP contribution in [0.2, 0.25) is 0 Å². The monoisotopic (exact) mass is 298 g/mol. The van der Waals surface area contributed by atoms with Crippen molar-refractivity contribution in [1.82, 2.24) is 0 Å². The van der Waals surface area contributed by atoms with Crippen molar-refractivity contribution in [2.75, 3.05) is 14.2 Å². The van der Waals surface area contributed by atoms with E-state index in [2.05, 4.69) is 27.3 Å². The lowest BCUT2D eigenvalue weighted by molar-refractivity contribution is -0.148. The first-order valence-electron chi connectivity index (χ1n) is 3.96. The first-order chi connectivity index (χ1) is 6.08. The Hall–Kier alpha value is -0.100. The maximum absolute atomic E-state index is 11.2. The van der Waals surface area contributed by atoms with Gasteiger partial charge in [0.15, 0.2) is 0 Å². The van der Waals surface area contributed by atoms with Gasteiger partial charge in [0.25, 0.3) is 0 Å². The second-order valence-corrected chi connectivity index (χ2v) is 3.44. The first kappa shape index (κ1) is 12.9. The average Bonchev–Trinajstić information content (AvgIpc) is 2.17. The molecule has 0 aromatic rings. The van der Waals surface area contributed by atoms with Crippen LogP contribution in [0, 0.1) is 5.92 Å². The zero-order chi connectivity index (χ0) is 10.4. The molecule has 0 aliphatic carbocycles. The van der Waals surface area contributed by atoms with Crippen molar-refractivity contribution in [2.24, 2.45) is 5.92 Å². The van der Waals surface area contributed by atoms with Crippen LogP contribution < -0.4 is 0 Å². The van der Waals surface area contributed by atoms with E-state index >= 15 is 0 Å². The fourth-order valence-electron chi connectivity index (χ4n) is 1.16. The van der Waals surface area contributed by atoms with E-state index in [1.807, 2.05) is 11.0 Å². The van der Waals surface area contributed by atoms with Crippen molar-refractivity contribution in [1.29, 1.82) is 0 Å². The highest BCUT2D eigenvalue weighted by Gasteiger charge is 2.25. The minimum Gasteiger partial charge on any atom is -0.469 e. The summed E-state index contributed by atoms with van der Waals surface area (Å²) in [7, 11) is 2.97. The summed E-state index contributed by atoms with van der Waals surface area (Å²) in [6.45, 7) is 3.73. The van der Waals surface area contributed by atoms with Crippen LogP contribution in [0.4, 0.5) is 0 Å². The van der Waals surface area contributed by atoms with Gasteiger partial charge < -0.3 is 9.47 Å². The number of hydrogen-bond donors (Lipinski definition) is 0. The predicted octanol–water partition coefficient (Wildman–Crippen LogP) is 2.15. The van der Waals surface area contributed by atoms with Gasteiger partial charge >= 0.3 is 5.97 Å². The molecule has 0 aromatic carbocycles. The summed E-state index contributed by atoms with van der Waals surface area (Å²) >= 11 is 2.13. The molecular weight excluding hydrogens is 283 g/mol. The van der Waals surface area contributed by atoms with E-state index in [1.54, 1.807) is 14.0 Å². The number of hydrogen-bond acceptors (Lipinski definition) is 3. The first-order valence-corrected chi connectivity index (χ1v) is 5.20. The summed E-state index contributed by atoms with van der Waals surface area (Å²) in [6.07, 6.45) is -0.190. The Balaban J connectivity index is 4.49. The Kier molecular flexibility index (Phi) is 6.32. The van der Waals surface area contributed by atoms with Crippen molar-refractivity contribution < 1.29 is 14.3 Å². The van der Waals surface area contributed by atoms with Crippen LogP contribution in [0.3, 0.4) is 0 Å². The quantitative estimate of drug-likeness (QED) is 0.589. The van der Waals surface area contributed by atoms with E-state index in [0.29, 0.717) is 0 Å². The number of carbonyl (C=O) groups excluding carboxylic acids is 1. The lowest BCUT2D eigenvalue weighted by Crippen LogP contribution is -2.29. The fraction of sp³-hybridized carbons (Fsp3) is 0.667. The van der Waals surface area contributed by atoms with Gasteiger partial charge in [-0.05, 0) is 23.5 Å². The van der Waals surface area contributed by atoms with E-state index in [1.165, 1.54) is 7.11 Å². The van der Waals surface area contributed by atoms with Crippen LogP contribution in [0.5, 0.6) is 0 Å². The molecule has 0 bridgehead atoms. The molecule has 0 saturated heterocycles. The SMILES string of the molecule is COC(=O)[C@H](C)[C@@H](OC)/C(C)=C/I. The highest BCUT2D eigenvalue weighted by atomic mass is 127. The summed E-state index contributed by atoms with van der Waals surface area (Å²) in [4.78, 5) is 11.2. The number of halogens is 1. The van der Waals surface area contributed by atoms with E-state index in [4.69, 9.17) is 4.74 Å². The highest BCUT2D eigenvalue weighted by Crippen LogP contribution is 2.18. The van der Waals surface area contributed by atoms with Gasteiger partial charge in [-0.25, -0.2) is 0 Å². The third-order valence-electron chi connectivity index (χ3n) is 1.90. The normalized spacial score (nSPS) is 16.5. The fourth-order valence-corrected chi connectivity index (χ4v) is 1.51. The lowest BCUT2D eigenvalue weighted by Gasteiger charge is -2.20. The van der Waals surface area contributed by atoms with Crippen LogP contribution in [0.25, 0.3) is 0 Å². The van der Waals surface area contributed by atoms with Gasteiger partial charge in [-0.2, -0.15) is 0 Å². The second kappa shape index (κ2) is 6.37. The summed E-state index contributed by atoms with van der Waals surface area (Å²) < 4.78 is 11.8. The third-order valence-corrected chi connectivity index (χ3v) is 2.88. The maximum atomic E-state index is 11.2. The number of rotatable bonds is 4. The molecule has 0 radical (unpaired) electrons. The van der Waals surface area contributed by atoms with Gasteiger partial charge in [0, 0.05) is 7.11 Å². The van der Waals surface area contributed by atoms with Gasteiger partial charge in [0.1, 0.15) is 0 Å². The zero-order valence-electron chi connectivity index (χ0n) is 8.33. The Morgan fingerprint density at radius 1 is 1.46 bits per heavy atom. The van der Waals surface area contributed by atoms with Crippen LogP contribution in [-0.4, -0.2) is 26.3 Å². The van der Waals surface area contributed by atoms with Gasteiger partial charge in [0.2, 0.25) is 0 Å². The lowest BCUT2D eigenvalue weighted by atomic mass is 9.99. The zero-order valence-corrected chi connectivity index (χ0v) is 10.5. The summed E-state index contributed by atoms with van der Waals surface area (Å²) in [5, 5.41) is 0. The molecule has 3 nitrogen and oxygen atoms in total. The summed E-state index contributed by atoms with van der Waals surface area (Å²) in [6, 6.07) is 0. The molecule has 0 aromatic heterocycles. The molecule has 0 heterocycles. The predicted molar refractivity (Wildman–Crippen MR) is 59.8 cm³/mol. The summed E-state index contributed by atoms with van der Waals surface area (Å²) in [5.41, 5.74) is 1.03. The Morgan fingerprint density at radius 3 is 2.31 bits per heavy atom. The second-order valence-electron chi connectivity index (χ2n) is 2.82. The molecule has 0 unspecified atom stereocenters. The third kappa shape index (κ3) is 3.64. The standard InChI is InChI=1S/C9H15IO3/c1-6(5-10)8(12-3)7(2)9(11)13-4/h5,7-8H,1-4H3/b6-5+/t7-,8+/m1/s1. The van der Waals surface area contributed by atoms with Crippen molar-refractivity contribution in [2.45, 2.75) is 20.0 Å². The Bertz CT molecular complexity index is 201. The van der Waals surface area contributed by atoms with Crippen molar-refractivity contribution in [3.63, 3.8) is 0 Å². The van der Waals surface area contributed by atoms with Crippen LogP contribution in [0.1, 0.15) is 13.8 Å². The Morgan fingerprint density at radius 2 is 2.00 bits per heavy atom. The molecule has 0 rings (SSSR count). The van der Waals surface area contributed by atoms with Crippen molar-refractivity contribution in [3.8, 4) is 0 Å². The number of carbonyl (C=O) groups is 1. The van der Waals surface area contributed by atoms with E-state index in [-0.39, 0.29) is 18.0 Å². The van der Waals surface area contributed by atoms with E-state index in [0.717, 1.165) is 5.57 Å². The highest BCUT2D eigenvalue weighted by molar-refractivity contribution is 14.1. The van der Waals surface area contributed by atoms with Gasteiger partial charge in [0.05, 0.1) is 19.1 Å². The number of ether oxygens (including phenoxy) is 2. The minimum atomic E-state index is -0.263. The van der Waals surface area contributed by atoms with Crippen molar-refractivity contribution in [3.05, 3.63) is 9.66 Å². The molecule has 4 heteroatoms. The molecule has 0 fully saturated rings. The van der Waals surface area contributed by atoms with Gasteiger partial charge in [-0.3, -0.25) is 4.79 Å². The molecule has 0 N–H and O–H groups in total. The minimum absolute atomic E-state index is 0.190. The van der Waals surface area contributed by atoms with Crippen LogP contribution >= 0.6 is 22.6 Å². The largest absolute Gasteiger partial charge is 0.469 e. The molecule has 0 spiro atoms. The summed E-state index contributed by atoms with van der Waals surface area (Å²) in [5.74, 6) is -0.509. The molecule has 0 amide bonds. The van der Waals surface area contributed by atoms with E-state index < -0.39 is 0 Å².